The minimum Gasteiger partial charge on any atom is -0.358 e. The van der Waals surface area contributed by atoms with Crippen molar-refractivity contribution in [3.63, 3.8) is 0 Å². The maximum absolute atomic E-state index is 4.60. The Morgan fingerprint density at radius 2 is 1.94 bits per heavy atom. The van der Waals surface area contributed by atoms with Crippen molar-refractivity contribution >= 4 is 16.7 Å². The Balaban J connectivity index is 1.96. The third-order valence-corrected chi connectivity index (χ3v) is 3.90. The number of anilines is 1. The first-order chi connectivity index (χ1) is 7.65. The molecule has 0 amide bonds. The summed E-state index contributed by atoms with van der Waals surface area (Å²) in [6, 6.07) is 0.437. The maximum atomic E-state index is 4.60. The average Bonchev–Trinajstić information content (AvgIpc) is 2.66. The Morgan fingerprint density at radius 3 is 2.56 bits per heavy atom. The summed E-state index contributed by atoms with van der Waals surface area (Å²) in [4.78, 5) is 4.60. The molecule has 0 atom stereocenters. The molecule has 1 aliphatic carbocycles. The quantitative estimate of drug-likeness (QED) is 0.875. The Hall–Kier alpha value is -0.640. The average molecular weight is 239 g/mol. The lowest BCUT2D eigenvalue weighted by molar-refractivity contribution is 0.341. The van der Waals surface area contributed by atoms with E-state index in [9.17, 15) is 0 Å². The van der Waals surface area contributed by atoms with Crippen LogP contribution in [0.3, 0.4) is 0 Å². The van der Waals surface area contributed by atoms with E-state index in [1.165, 1.54) is 37.2 Å². The molecule has 2 rings (SSSR count). The second-order valence-electron chi connectivity index (χ2n) is 5.21. The molecule has 0 radical (unpaired) electrons. The van der Waals surface area contributed by atoms with Crippen LogP contribution in [0.2, 0.25) is 0 Å². The van der Waals surface area contributed by atoms with Gasteiger partial charge in [0.15, 0.2) is 0 Å². The fraction of sp³-hybridized carbons (Fsp3) is 0.833. The van der Waals surface area contributed by atoms with Gasteiger partial charge in [0.2, 0.25) is 5.13 Å². The lowest BCUT2D eigenvalue weighted by Crippen LogP contribution is -2.12. The highest BCUT2D eigenvalue weighted by Crippen LogP contribution is 2.35. The SMILES string of the molecule is CC1CCC(c2nsc(NC(C)C)n2)CC1. The Kier molecular flexibility index (Phi) is 3.79. The molecule has 0 aromatic carbocycles. The highest BCUT2D eigenvalue weighted by molar-refractivity contribution is 7.09. The van der Waals surface area contributed by atoms with Crippen LogP contribution in [-0.4, -0.2) is 15.4 Å². The highest BCUT2D eigenvalue weighted by Gasteiger charge is 2.23. The van der Waals surface area contributed by atoms with Crippen molar-refractivity contribution in [1.29, 1.82) is 0 Å². The molecule has 0 bridgehead atoms. The van der Waals surface area contributed by atoms with E-state index in [0.29, 0.717) is 12.0 Å². The third kappa shape index (κ3) is 2.94. The first-order valence-corrected chi connectivity index (χ1v) is 7.02. The van der Waals surface area contributed by atoms with Crippen LogP contribution in [0.5, 0.6) is 0 Å². The lowest BCUT2D eigenvalue weighted by Gasteiger charge is -2.23. The van der Waals surface area contributed by atoms with Crippen molar-refractivity contribution in [3.05, 3.63) is 5.82 Å². The first kappa shape index (κ1) is 11.8. The maximum Gasteiger partial charge on any atom is 0.202 e. The van der Waals surface area contributed by atoms with E-state index in [1.54, 1.807) is 0 Å². The standard InChI is InChI=1S/C12H21N3S/c1-8(2)13-12-14-11(15-16-12)10-6-4-9(3)5-7-10/h8-10H,4-7H2,1-3H3,(H,13,14,15). The number of rotatable bonds is 3. The molecule has 1 aromatic heterocycles. The molecule has 1 aliphatic rings. The molecule has 16 heavy (non-hydrogen) atoms. The smallest absolute Gasteiger partial charge is 0.202 e. The predicted octanol–water partition coefficient (Wildman–Crippen LogP) is 3.65. The van der Waals surface area contributed by atoms with Crippen LogP contribution in [0.4, 0.5) is 5.13 Å². The van der Waals surface area contributed by atoms with Crippen LogP contribution in [0.15, 0.2) is 0 Å². The van der Waals surface area contributed by atoms with Crippen LogP contribution in [0.25, 0.3) is 0 Å². The van der Waals surface area contributed by atoms with E-state index in [1.807, 2.05) is 0 Å². The van der Waals surface area contributed by atoms with Gasteiger partial charge in [-0.05, 0) is 32.6 Å². The molecule has 3 nitrogen and oxygen atoms in total. The van der Waals surface area contributed by atoms with E-state index in [4.69, 9.17) is 0 Å². The molecule has 0 aliphatic heterocycles. The van der Waals surface area contributed by atoms with Gasteiger partial charge in [0.25, 0.3) is 0 Å². The predicted molar refractivity (Wildman–Crippen MR) is 69.0 cm³/mol. The fourth-order valence-electron chi connectivity index (χ4n) is 2.22. The second-order valence-corrected chi connectivity index (χ2v) is 5.97. The van der Waals surface area contributed by atoms with Gasteiger partial charge in [-0.2, -0.15) is 4.37 Å². The fourth-order valence-corrected chi connectivity index (χ4v) is 3.02. The van der Waals surface area contributed by atoms with Gasteiger partial charge in [-0.25, -0.2) is 4.98 Å². The van der Waals surface area contributed by atoms with Crippen LogP contribution in [0.1, 0.15) is 58.2 Å². The van der Waals surface area contributed by atoms with E-state index in [-0.39, 0.29) is 0 Å². The molecule has 1 aromatic rings. The summed E-state index contributed by atoms with van der Waals surface area (Å²) in [7, 11) is 0. The number of hydrogen-bond donors (Lipinski definition) is 1. The minimum atomic E-state index is 0.437. The largest absolute Gasteiger partial charge is 0.358 e. The van der Waals surface area contributed by atoms with E-state index >= 15 is 0 Å². The van der Waals surface area contributed by atoms with Gasteiger partial charge in [0, 0.05) is 23.5 Å². The van der Waals surface area contributed by atoms with Crippen LogP contribution >= 0.6 is 11.5 Å². The first-order valence-electron chi connectivity index (χ1n) is 6.25. The van der Waals surface area contributed by atoms with E-state index < -0.39 is 0 Å². The molecule has 0 spiro atoms. The summed E-state index contributed by atoms with van der Waals surface area (Å²) in [5, 5.41) is 4.29. The Morgan fingerprint density at radius 1 is 1.25 bits per heavy atom. The van der Waals surface area contributed by atoms with Crippen LogP contribution < -0.4 is 5.32 Å². The molecule has 1 N–H and O–H groups in total. The molecule has 0 unspecified atom stereocenters. The van der Waals surface area contributed by atoms with Crippen LogP contribution in [-0.2, 0) is 0 Å². The monoisotopic (exact) mass is 239 g/mol. The van der Waals surface area contributed by atoms with E-state index in [2.05, 4.69) is 35.4 Å². The topological polar surface area (TPSA) is 37.8 Å². The van der Waals surface area contributed by atoms with Gasteiger partial charge in [0.1, 0.15) is 5.82 Å². The van der Waals surface area contributed by atoms with Crippen molar-refractivity contribution in [2.45, 2.75) is 58.4 Å². The summed E-state index contributed by atoms with van der Waals surface area (Å²) in [6.45, 7) is 6.60. The molecule has 1 fully saturated rings. The normalized spacial score (nSPS) is 26.0. The third-order valence-electron chi connectivity index (χ3n) is 3.23. The Labute approximate surface area is 102 Å². The second kappa shape index (κ2) is 5.13. The molecule has 4 heteroatoms. The summed E-state index contributed by atoms with van der Waals surface area (Å²) in [5.74, 6) is 2.57. The summed E-state index contributed by atoms with van der Waals surface area (Å²) in [5.41, 5.74) is 0. The molecular weight excluding hydrogens is 218 g/mol. The number of nitrogens with zero attached hydrogens (tertiary/aromatic N) is 2. The molecule has 90 valence electrons. The summed E-state index contributed by atoms with van der Waals surface area (Å²) in [6.07, 6.45) is 5.19. The van der Waals surface area contributed by atoms with Crippen molar-refractivity contribution in [3.8, 4) is 0 Å². The van der Waals surface area contributed by atoms with Crippen molar-refractivity contribution in [2.24, 2.45) is 5.92 Å². The van der Waals surface area contributed by atoms with Gasteiger partial charge in [-0.15, -0.1) is 0 Å². The zero-order valence-corrected chi connectivity index (χ0v) is 11.2. The van der Waals surface area contributed by atoms with Gasteiger partial charge >= 0.3 is 0 Å². The zero-order chi connectivity index (χ0) is 11.5. The summed E-state index contributed by atoms with van der Waals surface area (Å²) >= 11 is 1.50. The van der Waals surface area contributed by atoms with Gasteiger partial charge in [-0.3, -0.25) is 0 Å². The number of nitrogens with one attached hydrogen (secondary N) is 1. The number of aromatic nitrogens is 2. The summed E-state index contributed by atoms with van der Waals surface area (Å²) < 4.78 is 4.49. The molecular formula is C12H21N3S. The van der Waals surface area contributed by atoms with Crippen LogP contribution in [0, 0.1) is 5.92 Å². The minimum absolute atomic E-state index is 0.437. The molecule has 1 saturated carbocycles. The lowest BCUT2D eigenvalue weighted by atomic mass is 9.83. The van der Waals surface area contributed by atoms with Crippen molar-refractivity contribution in [2.75, 3.05) is 5.32 Å². The Bertz CT molecular complexity index is 327. The van der Waals surface area contributed by atoms with Crippen molar-refractivity contribution < 1.29 is 0 Å². The van der Waals surface area contributed by atoms with Gasteiger partial charge in [0.05, 0.1) is 0 Å². The van der Waals surface area contributed by atoms with Gasteiger partial charge < -0.3 is 5.32 Å². The highest BCUT2D eigenvalue weighted by atomic mass is 32.1. The molecule has 1 heterocycles. The van der Waals surface area contributed by atoms with Crippen molar-refractivity contribution in [1.82, 2.24) is 9.36 Å². The number of hydrogen-bond acceptors (Lipinski definition) is 4. The van der Waals surface area contributed by atoms with Gasteiger partial charge in [-0.1, -0.05) is 19.8 Å². The molecule has 0 saturated heterocycles. The van der Waals surface area contributed by atoms with E-state index in [0.717, 1.165) is 16.9 Å². The zero-order valence-electron chi connectivity index (χ0n) is 10.4.